The number of rotatable bonds is 4. The third kappa shape index (κ3) is 1.87. The molecule has 4 aliphatic carbocycles. The number of benzene rings is 1. The summed E-state index contributed by atoms with van der Waals surface area (Å²) in [5.74, 6) is 0.925. The second kappa shape index (κ2) is 5.78. The molecule has 31 heavy (non-hydrogen) atoms. The van der Waals surface area contributed by atoms with Crippen molar-refractivity contribution in [1.29, 1.82) is 0 Å². The maximum absolute atomic E-state index is 11.8. The Morgan fingerprint density at radius 2 is 2.06 bits per heavy atom. The van der Waals surface area contributed by atoms with E-state index in [0.29, 0.717) is 11.8 Å². The van der Waals surface area contributed by atoms with Gasteiger partial charge < -0.3 is 24.6 Å². The number of nitrogens with zero attached hydrogens (tertiary/aromatic N) is 1. The minimum atomic E-state index is -0.823. The molecule has 2 spiro atoms. The van der Waals surface area contributed by atoms with Gasteiger partial charge in [0.2, 0.25) is 0 Å². The number of piperidine rings is 1. The summed E-state index contributed by atoms with van der Waals surface area (Å²) in [6.45, 7) is 7.43. The molecule has 5 heteroatoms. The first-order valence-corrected chi connectivity index (χ1v) is 12.2. The van der Waals surface area contributed by atoms with Gasteiger partial charge in [-0.15, -0.1) is 0 Å². The van der Waals surface area contributed by atoms with Crippen molar-refractivity contribution in [2.45, 2.75) is 94.0 Å². The van der Waals surface area contributed by atoms with Crippen molar-refractivity contribution >= 4 is 0 Å². The molecule has 0 amide bonds. The fourth-order valence-corrected chi connectivity index (χ4v) is 9.75. The molecule has 2 N–H and O–H groups in total. The molecule has 2 heterocycles. The lowest BCUT2D eigenvalue weighted by atomic mass is 9.30. The van der Waals surface area contributed by atoms with E-state index in [4.69, 9.17) is 9.47 Å². The first-order valence-electron chi connectivity index (χ1n) is 12.2. The second-order valence-corrected chi connectivity index (χ2v) is 11.6. The molecule has 1 aromatic rings. The average Bonchev–Trinajstić information content (AvgIpc) is 3.03. The molecule has 1 aromatic carbocycles. The summed E-state index contributed by atoms with van der Waals surface area (Å²) < 4.78 is 13.5. The van der Waals surface area contributed by atoms with Gasteiger partial charge >= 0.3 is 0 Å². The number of likely N-dealkylation sites (tertiary alicyclic amines) is 1. The molecule has 0 radical (unpaired) electrons. The summed E-state index contributed by atoms with van der Waals surface area (Å²) in [7, 11) is 4.09. The largest absolute Gasteiger partial charge is 0.504 e. The van der Waals surface area contributed by atoms with Crippen LogP contribution < -0.4 is 4.74 Å². The number of phenolic OH excluding ortho intramolecular Hbond substituents is 1. The second-order valence-electron chi connectivity index (χ2n) is 11.6. The number of methoxy groups -OCH3 is 1. The molecule has 4 bridgehead atoms. The van der Waals surface area contributed by atoms with Crippen molar-refractivity contribution in [3.63, 3.8) is 0 Å². The number of ether oxygens (including phenoxy) is 2. The Morgan fingerprint density at radius 3 is 2.77 bits per heavy atom. The summed E-state index contributed by atoms with van der Waals surface area (Å²) in [6.07, 6.45) is 6.62. The van der Waals surface area contributed by atoms with E-state index in [1.807, 2.05) is 20.1 Å². The fourth-order valence-electron chi connectivity index (χ4n) is 9.75. The average molecular weight is 428 g/mol. The van der Waals surface area contributed by atoms with Crippen LogP contribution in [-0.2, 0) is 16.6 Å². The third-order valence-electron chi connectivity index (χ3n) is 10.8. The van der Waals surface area contributed by atoms with Gasteiger partial charge in [-0.3, -0.25) is 0 Å². The quantitative estimate of drug-likeness (QED) is 0.766. The lowest BCUT2D eigenvalue weighted by molar-refractivity contribution is -0.336. The Bertz CT molecular complexity index is 961. The van der Waals surface area contributed by atoms with Gasteiger partial charge in [0, 0.05) is 30.0 Å². The molecule has 2 aliphatic heterocycles. The minimum absolute atomic E-state index is 0.0103. The lowest BCUT2D eigenvalue weighted by Gasteiger charge is -2.78. The standard InChI is InChI=1S/C26H37NO4/c1-6-9-22(2,29)18-15-24-10-11-26(18,30-5)23(3)25(24)12-13-27(4)19(24)14-16-7-8-17(28)21(31-23)20(16)25/h7-8,18-19,28-29H,6,9-15H2,1-5H3/t18?,19-,22+,23+,24-,25+,26-/m1/s1. The van der Waals surface area contributed by atoms with Crippen molar-refractivity contribution in [3.05, 3.63) is 23.3 Å². The number of phenols is 1. The Morgan fingerprint density at radius 1 is 1.29 bits per heavy atom. The molecule has 3 saturated carbocycles. The summed E-state index contributed by atoms with van der Waals surface area (Å²) in [5.41, 5.74) is 0.381. The molecule has 1 saturated heterocycles. The molecule has 5 nitrogen and oxygen atoms in total. The zero-order valence-corrected chi connectivity index (χ0v) is 19.6. The van der Waals surface area contributed by atoms with Crippen LogP contribution in [0.15, 0.2) is 12.1 Å². The number of hydrogen-bond acceptors (Lipinski definition) is 5. The molecule has 0 aromatic heterocycles. The molecule has 4 fully saturated rings. The van der Waals surface area contributed by atoms with Gasteiger partial charge in [0.05, 0.1) is 11.0 Å². The molecule has 1 unspecified atom stereocenters. The Balaban J connectivity index is 1.69. The number of likely N-dealkylation sites (N-methyl/N-ethyl adjacent to an activating group) is 1. The molecule has 7 atom stereocenters. The summed E-state index contributed by atoms with van der Waals surface area (Å²) in [5, 5.41) is 22.7. The normalized spacial score (nSPS) is 46.4. The summed E-state index contributed by atoms with van der Waals surface area (Å²) >= 11 is 0. The van der Waals surface area contributed by atoms with Gasteiger partial charge in [0.15, 0.2) is 11.5 Å². The van der Waals surface area contributed by atoms with E-state index in [1.54, 1.807) is 0 Å². The maximum Gasteiger partial charge on any atom is 0.166 e. The van der Waals surface area contributed by atoms with Crippen molar-refractivity contribution in [2.24, 2.45) is 11.3 Å². The predicted octanol–water partition coefficient (Wildman–Crippen LogP) is 3.78. The molecule has 170 valence electrons. The molecular formula is C26H37NO4. The van der Waals surface area contributed by atoms with Gasteiger partial charge in [0.1, 0.15) is 11.2 Å². The van der Waals surface area contributed by atoms with Crippen LogP contribution >= 0.6 is 0 Å². The van der Waals surface area contributed by atoms with Crippen LogP contribution in [0.4, 0.5) is 0 Å². The van der Waals surface area contributed by atoms with Gasteiger partial charge in [-0.2, -0.15) is 0 Å². The smallest absolute Gasteiger partial charge is 0.166 e. The lowest BCUT2D eigenvalue weighted by Crippen LogP contribution is -2.86. The Labute approximate surface area is 185 Å². The number of hydrogen-bond donors (Lipinski definition) is 2. The van der Waals surface area contributed by atoms with Crippen LogP contribution in [0.2, 0.25) is 0 Å². The van der Waals surface area contributed by atoms with Crippen LogP contribution in [0.1, 0.15) is 70.4 Å². The molecule has 7 rings (SSSR count). The van der Waals surface area contributed by atoms with Crippen LogP contribution in [0.3, 0.4) is 0 Å². The third-order valence-corrected chi connectivity index (χ3v) is 10.8. The minimum Gasteiger partial charge on any atom is -0.504 e. The highest BCUT2D eigenvalue weighted by Gasteiger charge is 2.86. The zero-order valence-electron chi connectivity index (χ0n) is 19.6. The first kappa shape index (κ1) is 20.3. The molecular weight excluding hydrogens is 390 g/mol. The Kier molecular flexibility index (Phi) is 3.79. The topological polar surface area (TPSA) is 62.2 Å². The van der Waals surface area contributed by atoms with Crippen molar-refractivity contribution in [3.8, 4) is 11.5 Å². The van der Waals surface area contributed by atoms with Crippen LogP contribution in [-0.4, -0.2) is 58.7 Å². The maximum atomic E-state index is 11.8. The van der Waals surface area contributed by atoms with E-state index < -0.39 is 16.8 Å². The zero-order chi connectivity index (χ0) is 22.0. The highest BCUT2D eigenvalue weighted by Crippen LogP contribution is 2.80. The monoisotopic (exact) mass is 427 g/mol. The van der Waals surface area contributed by atoms with E-state index in [-0.39, 0.29) is 22.5 Å². The van der Waals surface area contributed by atoms with Gasteiger partial charge in [-0.05, 0) is 77.6 Å². The fraction of sp³-hybridized carbons (Fsp3) is 0.769. The van der Waals surface area contributed by atoms with E-state index in [0.717, 1.165) is 51.5 Å². The summed E-state index contributed by atoms with van der Waals surface area (Å²) in [6, 6.07) is 4.35. The van der Waals surface area contributed by atoms with E-state index in [1.165, 1.54) is 11.1 Å². The van der Waals surface area contributed by atoms with Gasteiger partial charge in [-0.1, -0.05) is 19.4 Å². The SMILES string of the molecule is CCC[C@](C)(O)C1C[C@@]23CC[C@]1(OC)[C@@]1(C)Oc4c(O)ccc5c4[C@]21CCN(C)[C@@H]3C5. The van der Waals surface area contributed by atoms with Crippen molar-refractivity contribution in [2.75, 3.05) is 20.7 Å². The van der Waals surface area contributed by atoms with E-state index >= 15 is 0 Å². The van der Waals surface area contributed by atoms with Crippen LogP contribution in [0.25, 0.3) is 0 Å². The highest BCUT2D eigenvalue weighted by atomic mass is 16.6. The van der Waals surface area contributed by atoms with E-state index in [2.05, 4.69) is 31.9 Å². The summed E-state index contributed by atoms with van der Waals surface area (Å²) in [4.78, 5) is 2.57. The van der Waals surface area contributed by atoms with Gasteiger partial charge in [-0.25, -0.2) is 0 Å². The molecule has 6 aliphatic rings. The van der Waals surface area contributed by atoms with Crippen molar-refractivity contribution < 1.29 is 19.7 Å². The highest BCUT2D eigenvalue weighted by molar-refractivity contribution is 5.65. The van der Waals surface area contributed by atoms with Crippen LogP contribution in [0, 0.1) is 11.3 Å². The van der Waals surface area contributed by atoms with Crippen LogP contribution in [0.5, 0.6) is 11.5 Å². The van der Waals surface area contributed by atoms with Gasteiger partial charge in [0.25, 0.3) is 0 Å². The predicted molar refractivity (Wildman–Crippen MR) is 119 cm³/mol. The number of fused-ring (bicyclic) bond motifs is 2. The number of aliphatic hydroxyl groups is 1. The Hall–Kier alpha value is -1.30. The van der Waals surface area contributed by atoms with E-state index in [9.17, 15) is 10.2 Å². The first-order chi connectivity index (χ1) is 14.6. The van der Waals surface area contributed by atoms with Crippen molar-refractivity contribution in [1.82, 2.24) is 4.90 Å². The number of aromatic hydroxyl groups is 1.